The van der Waals surface area contributed by atoms with Crippen molar-refractivity contribution in [1.29, 1.82) is 0 Å². The third-order valence-corrected chi connectivity index (χ3v) is 3.84. The Morgan fingerprint density at radius 1 is 1.14 bits per heavy atom. The Bertz CT molecular complexity index is 974. The van der Waals surface area contributed by atoms with Gasteiger partial charge in [0.2, 0.25) is 0 Å². The summed E-state index contributed by atoms with van der Waals surface area (Å²) in [6.07, 6.45) is -1.13. The summed E-state index contributed by atoms with van der Waals surface area (Å²) >= 11 is 5.93. The van der Waals surface area contributed by atoms with Crippen LogP contribution in [0.2, 0.25) is 5.02 Å². The van der Waals surface area contributed by atoms with Crippen LogP contribution in [0.25, 0.3) is 11.3 Å². The second-order valence-electron chi connectivity index (χ2n) is 5.58. The fourth-order valence-corrected chi connectivity index (χ4v) is 2.52. The van der Waals surface area contributed by atoms with Crippen molar-refractivity contribution >= 4 is 28.8 Å². The summed E-state index contributed by atoms with van der Waals surface area (Å²) in [4.78, 5) is 4.09. The van der Waals surface area contributed by atoms with Crippen molar-refractivity contribution < 1.29 is 17.9 Å². The summed E-state index contributed by atoms with van der Waals surface area (Å²) in [6.45, 7) is -0.855. The summed E-state index contributed by atoms with van der Waals surface area (Å²) in [6, 6.07) is 8.81. The molecule has 0 aliphatic carbocycles. The van der Waals surface area contributed by atoms with Crippen LogP contribution < -0.4 is 15.4 Å². The van der Waals surface area contributed by atoms with E-state index in [1.165, 1.54) is 24.3 Å². The van der Waals surface area contributed by atoms with Crippen molar-refractivity contribution in [3.8, 4) is 17.1 Å². The Morgan fingerprint density at radius 3 is 2.71 bits per heavy atom. The van der Waals surface area contributed by atoms with Crippen LogP contribution in [-0.2, 0) is 0 Å². The van der Waals surface area contributed by atoms with Crippen molar-refractivity contribution in [1.82, 2.24) is 15.2 Å². The van der Waals surface area contributed by atoms with Gasteiger partial charge in [-0.3, -0.25) is 0 Å². The molecular formula is C18H15ClF3N5O. The Kier molecular flexibility index (Phi) is 6.15. The van der Waals surface area contributed by atoms with Gasteiger partial charge in [-0.15, -0.1) is 10.2 Å². The van der Waals surface area contributed by atoms with Gasteiger partial charge in [-0.1, -0.05) is 11.6 Å². The van der Waals surface area contributed by atoms with Gasteiger partial charge in [0.1, 0.15) is 17.3 Å². The molecule has 6 nitrogen and oxygen atoms in total. The number of nitrogens with zero attached hydrogens (tertiary/aromatic N) is 3. The lowest BCUT2D eigenvalue weighted by Gasteiger charge is -2.14. The Morgan fingerprint density at radius 2 is 1.96 bits per heavy atom. The van der Waals surface area contributed by atoms with E-state index in [2.05, 4.69) is 25.8 Å². The van der Waals surface area contributed by atoms with Crippen LogP contribution in [0, 0.1) is 5.82 Å². The molecule has 0 saturated carbocycles. The average Bonchev–Trinajstić information content (AvgIpc) is 2.69. The van der Waals surface area contributed by atoms with Crippen LogP contribution in [0.15, 0.2) is 42.6 Å². The van der Waals surface area contributed by atoms with E-state index in [0.717, 1.165) is 0 Å². The van der Waals surface area contributed by atoms with Gasteiger partial charge in [-0.25, -0.2) is 18.2 Å². The molecule has 0 radical (unpaired) electrons. The molecule has 3 aromatic rings. The van der Waals surface area contributed by atoms with E-state index in [0.29, 0.717) is 16.5 Å². The number of benzene rings is 1. The fourth-order valence-electron chi connectivity index (χ4n) is 2.34. The van der Waals surface area contributed by atoms with Crippen LogP contribution in [0.4, 0.5) is 30.4 Å². The van der Waals surface area contributed by atoms with Gasteiger partial charge in [0.15, 0.2) is 6.61 Å². The molecule has 0 amide bonds. The molecule has 0 fully saturated rings. The molecule has 0 spiro atoms. The maximum atomic E-state index is 14.2. The normalized spacial score (nSPS) is 10.8. The lowest BCUT2D eigenvalue weighted by atomic mass is 10.1. The average molecular weight is 410 g/mol. The zero-order valence-corrected chi connectivity index (χ0v) is 15.3. The first-order chi connectivity index (χ1) is 13.5. The van der Waals surface area contributed by atoms with Crippen LogP contribution in [0.5, 0.6) is 5.88 Å². The molecule has 0 saturated heterocycles. The van der Waals surface area contributed by atoms with E-state index in [1.54, 1.807) is 25.4 Å². The molecule has 3 rings (SSSR count). The van der Waals surface area contributed by atoms with E-state index in [9.17, 15) is 13.2 Å². The molecule has 28 heavy (non-hydrogen) atoms. The number of rotatable bonds is 7. The maximum Gasteiger partial charge on any atom is 0.272 e. The van der Waals surface area contributed by atoms with Crippen molar-refractivity contribution in [3.63, 3.8) is 0 Å². The quantitative estimate of drug-likeness (QED) is 0.586. The molecule has 2 aromatic heterocycles. The van der Waals surface area contributed by atoms with E-state index in [4.69, 9.17) is 16.3 Å². The molecule has 1 aromatic carbocycles. The van der Waals surface area contributed by atoms with E-state index < -0.39 is 18.8 Å². The highest BCUT2D eigenvalue weighted by atomic mass is 35.5. The number of alkyl halides is 2. The van der Waals surface area contributed by atoms with Gasteiger partial charge in [-0.05, 0) is 30.3 Å². The number of hydrogen-bond acceptors (Lipinski definition) is 6. The topological polar surface area (TPSA) is 72.0 Å². The van der Waals surface area contributed by atoms with Gasteiger partial charge >= 0.3 is 0 Å². The van der Waals surface area contributed by atoms with Crippen LogP contribution in [-0.4, -0.2) is 35.3 Å². The minimum Gasteiger partial charge on any atom is -0.469 e. The number of nitrogens with one attached hydrogen (secondary N) is 2. The first-order valence-corrected chi connectivity index (χ1v) is 8.49. The van der Waals surface area contributed by atoms with Crippen molar-refractivity contribution in [2.75, 3.05) is 24.3 Å². The van der Waals surface area contributed by atoms with Gasteiger partial charge in [0.25, 0.3) is 12.3 Å². The summed E-state index contributed by atoms with van der Waals surface area (Å²) in [5.74, 6) is -0.107. The molecule has 2 heterocycles. The summed E-state index contributed by atoms with van der Waals surface area (Å²) in [5.41, 5.74) is 1.11. The molecule has 146 valence electrons. The number of pyridine rings is 1. The van der Waals surface area contributed by atoms with Crippen molar-refractivity contribution in [2.24, 2.45) is 0 Å². The summed E-state index contributed by atoms with van der Waals surface area (Å²) in [7, 11) is 1.71. The van der Waals surface area contributed by atoms with Crippen LogP contribution in [0.1, 0.15) is 0 Å². The highest BCUT2D eigenvalue weighted by molar-refractivity contribution is 6.30. The Hall–Kier alpha value is -3.07. The minimum absolute atomic E-state index is 0.120. The van der Waals surface area contributed by atoms with Crippen molar-refractivity contribution in [2.45, 2.75) is 6.43 Å². The fraction of sp³-hybridized carbons (Fsp3) is 0.167. The standard InChI is InChI=1S/C18H15ClF3N5O/c1-23-17-7-11(4-5-24-17)25-15-8-14(12-6-10(19)2-3-13(12)20)26-27-18(15)28-9-16(21)22/h2-8,16H,9H2,1H3,(H2,23,24,25,26). The molecule has 0 aliphatic rings. The van der Waals surface area contributed by atoms with E-state index in [-0.39, 0.29) is 22.8 Å². The minimum atomic E-state index is -2.68. The number of ether oxygens (including phenoxy) is 1. The Balaban J connectivity index is 2.01. The molecule has 2 N–H and O–H groups in total. The highest BCUT2D eigenvalue weighted by Crippen LogP contribution is 2.32. The monoisotopic (exact) mass is 409 g/mol. The van der Waals surface area contributed by atoms with Crippen LogP contribution in [0.3, 0.4) is 0 Å². The predicted molar refractivity (Wildman–Crippen MR) is 101 cm³/mol. The Labute approximate surface area is 163 Å². The molecule has 0 bridgehead atoms. The molecule has 0 unspecified atom stereocenters. The third-order valence-electron chi connectivity index (χ3n) is 3.61. The number of anilines is 3. The first kappa shape index (κ1) is 19.7. The maximum absolute atomic E-state index is 14.2. The highest BCUT2D eigenvalue weighted by Gasteiger charge is 2.15. The smallest absolute Gasteiger partial charge is 0.272 e. The summed E-state index contributed by atoms with van der Waals surface area (Å²) < 4.78 is 44.3. The zero-order chi connectivity index (χ0) is 20.1. The molecule has 10 heteroatoms. The number of aromatic nitrogens is 3. The lowest BCUT2D eigenvalue weighted by molar-refractivity contribution is 0.0795. The second kappa shape index (κ2) is 8.75. The second-order valence-corrected chi connectivity index (χ2v) is 6.02. The summed E-state index contributed by atoms with van der Waals surface area (Å²) in [5, 5.41) is 13.9. The number of hydrogen-bond donors (Lipinski definition) is 2. The van der Waals surface area contributed by atoms with Crippen molar-refractivity contribution in [3.05, 3.63) is 53.4 Å². The zero-order valence-electron chi connectivity index (χ0n) is 14.6. The molecule has 0 atom stereocenters. The van der Waals surface area contributed by atoms with E-state index >= 15 is 0 Å². The van der Waals surface area contributed by atoms with Gasteiger partial charge in [-0.2, -0.15) is 0 Å². The number of halogens is 4. The van der Waals surface area contributed by atoms with E-state index in [1.807, 2.05) is 0 Å². The predicted octanol–water partition coefficient (Wildman–Crippen LogP) is 4.76. The lowest BCUT2D eigenvalue weighted by Crippen LogP contribution is -2.10. The third kappa shape index (κ3) is 4.80. The van der Waals surface area contributed by atoms with Crippen LogP contribution >= 0.6 is 11.6 Å². The molecule has 0 aliphatic heterocycles. The first-order valence-electron chi connectivity index (χ1n) is 8.11. The van der Waals surface area contributed by atoms with Gasteiger partial charge in [0, 0.05) is 35.6 Å². The SMILES string of the molecule is CNc1cc(Nc2cc(-c3cc(Cl)ccc3F)nnc2OCC(F)F)ccn1. The van der Waals surface area contributed by atoms with Gasteiger partial charge in [0.05, 0.1) is 5.69 Å². The van der Waals surface area contributed by atoms with Gasteiger partial charge < -0.3 is 15.4 Å². The largest absolute Gasteiger partial charge is 0.469 e. The molecular weight excluding hydrogens is 395 g/mol.